The summed E-state index contributed by atoms with van der Waals surface area (Å²) in [5.74, 6) is 1.65. The van der Waals surface area contributed by atoms with Gasteiger partial charge in [-0.05, 0) is 23.3 Å². The number of nitrogens with zero attached hydrogens (tertiary/aromatic N) is 2. The summed E-state index contributed by atoms with van der Waals surface area (Å²) in [6.45, 7) is 5.87. The van der Waals surface area contributed by atoms with Crippen molar-refractivity contribution >= 4 is 40.9 Å². The lowest BCUT2D eigenvalue weighted by Gasteiger charge is -2.27. The van der Waals surface area contributed by atoms with Gasteiger partial charge in [-0.1, -0.05) is 42.5 Å². The van der Waals surface area contributed by atoms with Crippen LogP contribution < -0.4 is 10.6 Å². The Morgan fingerprint density at radius 3 is 2.43 bits per heavy atom. The maximum atomic E-state index is 5.87. The molecule has 0 saturated carbocycles. The second-order valence-corrected chi connectivity index (χ2v) is 7.19. The molecular formula is C23H29IN4O2. The van der Waals surface area contributed by atoms with Crippen LogP contribution in [-0.2, 0) is 24.4 Å². The van der Waals surface area contributed by atoms with Gasteiger partial charge in [0.05, 0.1) is 19.8 Å². The molecule has 0 aliphatic carbocycles. The van der Waals surface area contributed by atoms with E-state index in [2.05, 4.69) is 56.9 Å². The third kappa shape index (κ3) is 5.96. The number of hydrogen-bond donors (Lipinski definition) is 2. The predicted octanol–water partition coefficient (Wildman–Crippen LogP) is 3.75. The zero-order chi connectivity index (χ0) is 19.9. The molecule has 1 aliphatic rings. The predicted molar refractivity (Wildman–Crippen MR) is 131 cm³/mol. The summed E-state index contributed by atoms with van der Waals surface area (Å²) in [6.07, 6.45) is 0. The number of rotatable bonds is 6. The van der Waals surface area contributed by atoms with E-state index in [0.717, 1.165) is 62.1 Å². The van der Waals surface area contributed by atoms with E-state index in [1.807, 2.05) is 18.2 Å². The normalized spacial score (nSPS) is 15.0. The van der Waals surface area contributed by atoms with E-state index >= 15 is 0 Å². The van der Waals surface area contributed by atoms with Crippen molar-refractivity contribution in [1.29, 1.82) is 0 Å². The molecule has 160 valence electrons. The number of nitrogens with one attached hydrogen (secondary N) is 2. The zero-order valence-electron chi connectivity index (χ0n) is 17.3. The Morgan fingerprint density at radius 2 is 1.67 bits per heavy atom. The van der Waals surface area contributed by atoms with Crippen molar-refractivity contribution in [1.82, 2.24) is 15.5 Å². The van der Waals surface area contributed by atoms with Crippen molar-refractivity contribution in [2.75, 3.05) is 33.4 Å². The second-order valence-electron chi connectivity index (χ2n) is 7.19. The van der Waals surface area contributed by atoms with Crippen LogP contribution in [0.15, 0.2) is 64.0 Å². The van der Waals surface area contributed by atoms with Gasteiger partial charge in [0.1, 0.15) is 11.3 Å². The van der Waals surface area contributed by atoms with E-state index in [1.165, 1.54) is 11.1 Å². The van der Waals surface area contributed by atoms with Gasteiger partial charge < -0.3 is 19.8 Å². The molecular weight excluding hydrogens is 491 g/mol. The number of hydrogen-bond acceptors (Lipinski definition) is 4. The highest BCUT2D eigenvalue weighted by molar-refractivity contribution is 14.0. The number of benzene rings is 2. The fourth-order valence-electron chi connectivity index (χ4n) is 3.58. The highest BCUT2D eigenvalue weighted by Crippen LogP contribution is 2.18. The summed E-state index contributed by atoms with van der Waals surface area (Å²) in [4.78, 5) is 6.78. The van der Waals surface area contributed by atoms with E-state index in [-0.39, 0.29) is 24.0 Å². The summed E-state index contributed by atoms with van der Waals surface area (Å²) < 4.78 is 11.3. The number of ether oxygens (including phenoxy) is 1. The van der Waals surface area contributed by atoms with E-state index in [0.29, 0.717) is 6.54 Å². The van der Waals surface area contributed by atoms with Crippen molar-refractivity contribution in [2.45, 2.75) is 19.6 Å². The first kappa shape index (κ1) is 22.6. The lowest BCUT2D eigenvalue weighted by Crippen LogP contribution is -2.37. The molecule has 6 nitrogen and oxygen atoms in total. The van der Waals surface area contributed by atoms with E-state index in [4.69, 9.17) is 9.15 Å². The minimum atomic E-state index is 0. The van der Waals surface area contributed by atoms with Crippen molar-refractivity contribution in [3.63, 3.8) is 0 Å². The van der Waals surface area contributed by atoms with Crippen LogP contribution in [0, 0.1) is 0 Å². The molecule has 1 aromatic heterocycles. The van der Waals surface area contributed by atoms with Crippen molar-refractivity contribution in [3.05, 3.63) is 71.5 Å². The third-order valence-electron chi connectivity index (χ3n) is 5.19. The minimum Gasteiger partial charge on any atom is -0.459 e. The molecule has 0 bridgehead atoms. The Kier molecular flexibility index (Phi) is 8.53. The molecule has 2 heterocycles. The Bertz CT molecular complexity index is 934. The summed E-state index contributed by atoms with van der Waals surface area (Å²) in [6, 6.07) is 18.7. The van der Waals surface area contributed by atoms with Gasteiger partial charge in [-0.15, -0.1) is 24.0 Å². The maximum absolute atomic E-state index is 5.87. The molecule has 0 amide bonds. The Balaban J connectivity index is 0.00000256. The van der Waals surface area contributed by atoms with Crippen LogP contribution in [0.3, 0.4) is 0 Å². The van der Waals surface area contributed by atoms with Gasteiger partial charge in [-0.3, -0.25) is 9.89 Å². The molecule has 4 rings (SSSR count). The van der Waals surface area contributed by atoms with Crippen LogP contribution in [0.1, 0.15) is 16.9 Å². The lowest BCUT2D eigenvalue weighted by molar-refractivity contribution is 0.0341. The average molecular weight is 520 g/mol. The van der Waals surface area contributed by atoms with Crippen molar-refractivity contribution in [2.24, 2.45) is 4.99 Å². The summed E-state index contributed by atoms with van der Waals surface area (Å²) >= 11 is 0. The molecule has 2 N–H and O–H groups in total. The zero-order valence-corrected chi connectivity index (χ0v) is 19.6. The third-order valence-corrected chi connectivity index (χ3v) is 5.19. The second kappa shape index (κ2) is 11.3. The summed E-state index contributed by atoms with van der Waals surface area (Å²) in [5.41, 5.74) is 3.53. The molecule has 7 heteroatoms. The van der Waals surface area contributed by atoms with E-state index in [1.54, 1.807) is 7.05 Å². The van der Waals surface area contributed by atoms with E-state index < -0.39 is 0 Å². The van der Waals surface area contributed by atoms with Crippen molar-refractivity contribution in [3.8, 4) is 0 Å². The van der Waals surface area contributed by atoms with Gasteiger partial charge in [-0.2, -0.15) is 0 Å². The van der Waals surface area contributed by atoms with Crippen molar-refractivity contribution < 1.29 is 9.15 Å². The summed E-state index contributed by atoms with van der Waals surface area (Å²) in [7, 11) is 1.79. The van der Waals surface area contributed by atoms with Gasteiger partial charge in [-0.25, -0.2) is 0 Å². The van der Waals surface area contributed by atoms with Crippen LogP contribution in [0.2, 0.25) is 0 Å². The largest absolute Gasteiger partial charge is 0.459 e. The van der Waals surface area contributed by atoms with E-state index in [9.17, 15) is 0 Å². The van der Waals surface area contributed by atoms with Crippen LogP contribution >= 0.6 is 24.0 Å². The monoisotopic (exact) mass is 520 g/mol. The topological polar surface area (TPSA) is 62.0 Å². The highest BCUT2D eigenvalue weighted by atomic mass is 127. The maximum Gasteiger partial charge on any atom is 0.191 e. The molecule has 0 unspecified atom stereocenters. The van der Waals surface area contributed by atoms with Gasteiger partial charge in [0.15, 0.2) is 5.96 Å². The SMILES string of the molecule is CN=C(NCc1cc2ccccc2o1)NCc1ccccc1CN1CCOCC1.I. The van der Waals surface area contributed by atoms with Crippen LogP contribution in [0.25, 0.3) is 11.0 Å². The van der Waals surface area contributed by atoms with Crippen LogP contribution in [0.5, 0.6) is 0 Å². The van der Waals surface area contributed by atoms with Gasteiger partial charge >= 0.3 is 0 Å². The fourth-order valence-corrected chi connectivity index (χ4v) is 3.58. The molecule has 2 aromatic carbocycles. The van der Waals surface area contributed by atoms with Crippen LogP contribution in [0.4, 0.5) is 0 Å². The minimum absolute atomic E-state index is 0. The molecule has 1 aliphatic heterocycles. The van der Waals surface area contributed by atoms with Gasteiger partial charge in [0.25, 0.3) is 0 Å². The molecule has 1 saturated heterocycles. The number of guanidine groups is 1. The highest BCUT2D eigenvalue weighted by Gasteiger charge is 2.13. The van der Waals surface area contributed by atoms with Gasteiger partial charge in [0, 0.05) is 38.6 Å². The number of aliphatic imine (C=N–C) groups is 1. The molecule has 0 radical (unpaired) electrons. The Morgan fingerprint density at radius 1 is 0.967 bits per heavy atom. The molecule has 1 fully saturated rings. The summed E-state index contributed by atoms with van der Waals surface area (Å²) in [5, 5.41) is 7.87. The first-order chi connectivity index (χ1) is 14.3. The number of morpholine rings is 1. The molecule has 0 atom stereocenters. The smallest absolute Gasteiger partial charge is 0.191 e. The number of halogens is 1. The molecule has 3 aromatic rings. The lowest BCUT2D eigenvalue weighted by atomic mass is 10.1. The van der Waals surface area contributed by atoms with Crippen LogP contribution in [-0.4, -0.2) is 44.2 Å². The standard InChI is InChI=1S/C23H28N4O2.HI/c1-24-23(26-16-21-14-18-6-4-5-9-22(18)29-21)25-15-19-7-2-3-8-20(19)17-27-10-12-28-13-11-27;/h2-9,14H,10-13,15-17H2,1H3,(H2,24,25,26);1H. The fraction of sp³-hybridized carbons (Fsp3) is 0.348. The Labute approximate surface area is 194 Å². The average Bonchev–Trinajstić information content (AvgIpc) is 3.18. The number of para-hydroxylation sites is 1. The first-order valence-electron chi connectivity index (χ1n) is 10.1. The number of furan rings is 1. The number of fused-ring (bicyclic) bond motifs is 1. The van der Waals surface area contributed by atoms with Gasteiger partial charge in [0.2, 0.25) is 0 Å². The quantitative estimate of drug-likeness (QED) is 0.295. The Hall–Kier alpha value is -2.10. The molecule has 0 spiro atoms. The first-order valence-corrected chi connectivity index (χ1v) is 10.1. The molecule has 30 heavy (non-hydrogen) atoms.